The number of amides is 1. The third-order valence-electron chi connectivity index (χ3n) is 4.69. The van der Waals surface area contributed by atoms with Gasteiger partial charge in [0.05, 0.1) is 5.75 Å². The van der Waals surface area contributed by atoms with E-state index in [9.17, 15) is 13.2 Å². The van der Waals surface area contributed by atoms with Crippen LogP contribution in [0.3, 0.4) is 0 Å². The number of sulfonamides is 1. The van der Waals surface area contributed by atoms with Gasteiger partial charge < -0.3 is 10.2 Å². The van der Waals surface area contributed by atoms with Crippen LogP contribution in [0.4, 0.5) is 5.82 Å². The van der Waals surface area contributed by atoms with E-state index in [-0.39, 0.29) is 18.2 Å². The summed E-state index contributed by atoms with van der Waals surface area (Å²) in [6, 6.07) is 9.78. The van der Waals surface area contributed by atoms with Crippen molar-refractivity contribution in [2.75, 3.05) is 43.4 Å². The van der Waals surface area contributed by atoms with Crippen LogP contribution in [0.15, 0.2) is 41.9 Å². The molecule has 152 valence electrons. The standard InChI is InChI=1S/C19H26N4O3S2/c24-19(8-3-5-17-6-4-15-27-17)21-10-16-28(25,26)23-13-11-22(12-14-23)18-7-1-2-9-20-18/h1-2,4,6-7,9,15H,3,5,8,10-14,16H2,(H,21,24). The minimum Gasteiger partial charge on any atom is -0.355 e. The Morgan fingerprint density at radius 3 is 2.64 bits per heavy atom. The average molecular weight is 423 g/mol. The zero-order valence-electron chi connectivity index (χ0n) is 15.8. The molecule has 1 saturated heterocycles. The lowest BCUT2D eigenvalue weighted by atomic mass is 10.2. The predicted molar refractivity (Wildman–Crippen MR) is 112 cm³/mol. The molecule has 28 heavy (non-hydrogen) atoms. The number of hydrogen-bond acceptors (Lipinski definition) is 6. The number of rotatable bonds is 9. The summed E-state index contributed by atoms with van der Waals surface area (Å²) in [5, 5.41) is 4.76. The summed E-state index contributed by atoms with van der Waals surface area (Å²) in [6.07, 6.45) is 3.81. The Bertz CT molecular complexity index is 833. The van der Waals surface area contributed by atoms with Gasteiger partial charge in [0.15, 0.2) is 0 Å². The van der Waals surface area contributed by atoms with Gasteiger partial charge in [-0.3, -0.25) is 4.79 Å². The van der Waals surface area contributed by atoms with E-state index in [4.69, 9.17) is 0 Å². The van der Waals surface area contributed by atoms with Gasteiger partial charge in [-0.2, -0.15) is 4.31 Å². The Hall–Kier alpha value is -1.97. The summed E-state index contributed by atoms with van der Waals surface area (Å²) in [5.74, 6) is 0.717. The lowest BCUT2D eigenvalue weighted by Crippen LogP contribution is -2.50. The first-order valence-electron chi connectivity index (χ1n) is 9.47. The van der Waals surface area contributed by atoms with E-state index in [0.717, 1.165) is 18.7 Å². The van der Waals surface area contributed by atoms with E-state index in [0.29, 0.717) is 32.6 Å². The normalized spacial score (nSPS) is 15.5. The molecule has 0 unspecified atom stereocenters. The summed E-state index contributed by atoms with van der Waals surface area (Å²) < 4.78 is 26.6. The number of aromatic nitrogens is 1. The Morgan fingerprint density at radius 2 is 1.96 bits per heavy atom. The molecule has 9 heteroatoms. The number of carbonyl (C=O) groups is 1. The fourth-order valence-corrected chi connectivity index (χ4v) is 5.24. The molecule has 0 bridgehead atoms. The highest BCUT2D eigenvalue weighted by Gasteiger charge is 2.27. The van der Waals surface area contributed by atoms with Crippen molar-refractivity contribution in [3.63, 3.8) is 0 Å². The maximum Gasteiger partial charge on any atom is 0.220 e. The molecule has 2 aromatic heterocycles. The molecule has 1 aliphatic rings. The SMILES string of the molecule is O=C(CCCc1cccs1)NCCS(=O)(=O)N1CCN(c2ccccn2)CC1. The van der Waals surface area contributed by atoms with Crippen LogP contribution in [0.2, 0.25) is 0 Å². The van der Waals surface area contributed by atoms with Crippen molar-refractivity contribution < 1.29 is 13.2 Å². The van der Waals surface area contributed by atoms with Crippen LogP contribution in [0, 0.1) is 0 Å². The molecule has 0 spiro atoms. The fourth-order valence-electron chi connectivity index (χ4n) is 3.15. The summed E-state index contributed by atoms with van der Waals surface area (Å²) >= 11 is 1.69. The molecular weight excluding hydrogens is 396 g/mol. The zero-order chi connectivity index (χ0) is 19.8. The first-order valence-corrected chi connectivity index (χ1v) is 12.0. The van der Waals surface area contributed by atoms with Gasteiger partial charge in [-0.15, -0.1) is 11.3 Å². The largest absolute Gasteiger partial charge is 0.355 e. The van der Waals surface area contributed by atoms with Gasteiger partial charge in [-0.05, 0) is 36.4 Å². The van der Waals surface area contributed by atoms with E-state index < -0.39 is 10.0 Å². The van der Waals surface area contributed by atoms with E-state index in [1.165, 1.54) is 9.18 Å². The third kappa shape index (κ3) is 6.02. The van der Waals surface area contributed by atoms with Crippen molar-refractivity contribution in [1.82, 2.24) is 14.6 Å². The Kier molecular flexibility index (Phi) is 7.41. The van der Waals surface area contributed by atoms with E-state index in [2.05, 4.69) is 21.3 Å². The summed E-state index contributed by atoms with van der Waals surface area (Å²) in [7, 11) is -3.37. The van der Waals surface area contributed by atoms with Crippen LogP contribution < -0.4 is 10.2 Å². The smallest absolute Gasteiger partial charge is 0.220 e. The van der Waals surface area contributed by atoms with Crippen LogP contribution in [0.25, 0.3) is 0 Å². The maximum absolute atomic E-state index is 12.5. The molecule has 3 heterocycles. The topological polar surface area (TPSA) is 82.6 Å². The molecule has 1 N–H and O–H groups in total. The molecule has 0 aliphatic carbocycles. The number of anilines is 1. The molecule has 0 saturated carbocycles. The van der Waals surface area contributed by atoms with Crippen molar-refractivity contribution >= 4 is 33.1 Å². The van der Waals surface area contributed by atoms with Crippen molar-refractivity contribution in [3.8, 4) is 0 Å². The number of thiophene rings is 1. The van der Waals surface area contributed by atoms with Crippen LogP contribution in [0.1, 0.15) is 17.7 Å². The van der Waals surface area contributed by atoms with Crippen LogP contribution in [-0.2, 0) is 21.2 Å². The van der Waals surface area contributed by atoms with E-state index in [1.807, 2.05) is 29.6 Å². The van der Waals surface area contributed by atoms with Gasteiger partial charge in [0.2, 0.25) is 15.9 Å². The molecule has 2 aromatic rings. The van der Waals surface area contributed by atoms with Crippen molar-refractivity contribution in [1.29, 1.82) is 0 Å². The molecule has 7 nitrogen and oxygen atoms in total. The number of pyridine rings is 1. The lowest BCUT2D eigenvalue weighted by Gasteiger charge is -2.34. The van der Waals surface area contributed by atoms with E-state index in [1.54, 1.807) is 17.5 Å². The Morgan fingerprint density at radius 1 is 1.14 bits per heavy atom. The maximum atomic E-state index is 12.5. The fraction of sp³-hybridized carbons (Fsp3) is 0.474. The first-order chi connectivity index (χ1) is 13.5. The third-order valence-corrected chi connectivity index (χ3v) is 7.50. The average Bonchev–Trinajstić information content (AvgIpc) is 3.22. The molecule has 1 fully saturated rings. The van der Waals surface area contributed by atoms with Crippen LogP contribution >= 0.6 is 11.3 Å². The van der Waals surface area contributed by atoms with Gasteiger partial charge in [0, 0.05) is 50.2 Å². The predicted octanol–water partition coefficient (Wildman–Crippen LogP) is 1.73. The molecule has 3 rings (SSSR count). The quantitative estimate of drug-likeness (QED) is 0.666. The summed E-state index contributed by atoms with van der Waals surface area (Å²) in [5.41, 5.74) is 0. The summed E-state index contributed by atoms with van der Waals surface area (Å²) in [6.45, 7) is 2.26. The van der Waals surface area contributed by atoms with Crippen LogP contribution in [0.5, 0.6) is 0 Å². The highest BCUT2D eigenvalue weighted by atomic mass is 32.2. The van der Waals surface area contributed by atoms with Crippen LogP contribution in [-0.4, -0.2) is 62.1 Å². The molecule has 1 amide bonds. The molecule has 1 aliphatic heterocycles. The number of hydrogen-bond donors (Lipinski definition) is 1. The van der Waals surface area contributed by atoms with Gasteiger partial charge in [-0.25, -0.2) is 13.4 Å². The first kappa shape index (κ1) is 20.8. The van der Waals surface area contributed by atoms with Gasteiger partial charge in [0.25, 0.3) is 0 Å². The second kappa shape index (κ2) is 9.99. The second-order valence-corrected chi connectivity index (χ2v) is 9.79. The Labute approximate surface area is 170 Å². The molecule has 0 radical (unpaired) electrons. The number of aryl methyl sites for hydroxylation is 1. The molecular formula is C19H26N4O3S2. The monoisotopic (exact) mass is 422 g/mol. The number of piperazine rings is 1. The highest BCUT2D eigenvalue weighted by molar-refractivity contribution is 7.89. The molecule has 0 aromatic carbocycles. The van der Waals surface area contributed by atoms with Gasteiger partial charge in [0.1, 0.15) is 5.82 Å². The second-order valence-electron chi connectivity index (χ2n) is 6.67. The van der Waals surface area contributed by atoms with Crippen molar-refractivity contribution in [2.45, 2.75) is 19.3 Å². The lowest BCUT2D eigenvalue weighted by molar-refractivity contribution is -0.121. The Balaban J connectivity index is 1.35. The highest BCUT2D eigenvalue weighted by Crippen LogP contribution is 2.15. The number of nitrogens with one attached hydrogen (secondary N) is 1. The minimum atomic E-state index is -3.37. The van der Waals surface area contributed by atoms with Gasteiger partial charge >= 0.3 is 0 Å². The molecule has 0 atom stereocenters. The minimum absolute atomic E-state index is 0.0623. The number of carbonyl (C=O) groups excluding carboxylic acids is 1. The number of nitrogens with zero attached hydrogens (tertiary/aromatic N) is 3. The van der Waals surface area contributed by atoms with Crippen molar-refractivity contribution in [2.24, 2.45) is 0 Å². The zero-order valence-corrected chi connectivity index (χ0v) is 17.4. The van der Waals surface area contributed by atoms with Gasteiger partial charge in [-0.1, -0.05) is 12.1 Å². The van der Waals surface area contributed by atoms with E-state index >= 15 is 0 Å². The summed E-state index contributed by atoms with van der Waals surface area (Å²) in [4.78, 5) is 19.6. The van der Waals surface area contributed by atoms with Crippen molar-refractivity contribution in [3.05, 3.63) is 46.8 Å².